The fourth-order valence-corrected chi connectivity index (χ4v) is 2.05. The maximum absolute atomic E-state index is 13.8. The van der Waals surface area contributed by atoms with Gasteiger partial charge in [0.1, 0.15) is 5.82 Å². The predicted octanol–water partition coefficient (Wildman–Crippen LogP) is 2.89. The normalized spacial score (nSPS) is 10.9. The molecule has 6 heteroatoms. The Kier molecular flexibility index (Phi) is 2.71. The quantitative estimate of drug-likeness (QED) is 0.627. The number of aromatic nitrogens is 1. The molecule has 0 saturated carbocycles. The van der Waals surface area contributed by atoms with Gasteiger partial charge in [-0.25, -0.2) is 9.18 Å². The average Bonchev–Trinajstić information content (AvgIpc) is 2.73. The van der Waals surface area contributed by atoms with Crippen LogP contribution in [0.5, 0.6) is 0 Å². The number of nitrogen functional groups attached to an aromatic ring is 1. The van der Waals surface area contributed by atoms with Gasteiger partial charge in [0.25, 0.3) is 0 Å². The summed E-state index contributed by atoms with van der Waals surface area (Å²) < 4.78 is 18.7. The second kappa shape index (κ2) is 4.41. The number of anilines is 3. The van der Waals surface area contributed by atoms with Gasteiger partial charge in [-0.15, -0.1) is 0 Å². The van der Waals surface area contributed by atoms with Crippen molar-refractivity contribution in [2.24, 2.45) is 0 Å². The van der Waals surface area contributed by atoms with E-state index in [0.29, 0.717) is 28.2 Å². The molecule has 1 aromatic heterocycles. The fraction of sp³-hybridized carbons (Fsp3) is 0.0714. The smallest absolute Gasteiger partial charge is 0.408 e. The highest BCUT2D eigenvalue weighted by Crippen LogP contribution is 2.30. The minimum atomic E-state index is -0.557. The van der Waals surface area contributed by atoms with Crippen molar-refractivity contribution in [2.75, 3.05) is 11.1 Å². The highest BCUT2D eigenvalue weighted by atomic mass is 19.1. The topological polar surface area (TPSA) is 84.0 Å². The van der Waals surface area contributed by atoms with Gasteiger partial charge in [-0.2, -0.15) is 0 Å². The molecule has 102 valence electrons. The van der Waals surface area contributed by atoms with Crippen molar-refractivity contribution in [1.82, 2.24) is 4.98 Å². The molecular formula is C14H12FN3O2. The first-order chi connectivity index (χ1) is 9.54. The zero-order valence-corrected chi connectivity index (χ0v) is 10.7. The van der Waals surface area contributed by atoms with Crippen LogP contribution < -0.4 is 16.8 Å². The third-order valence-corrected chi connectivity index (χ3v) is 3.07. The summed E-state index contributed by atoms with van der Waals surface area (Å²) in [6.07, 6.45) is 0. The minimum absolute atomic E-state index is 0.351. The molecule has 0 radical (unpaired) electrons. The van der Waals surface area contributed by atoms with Crippen molar-refractivity contribution in [1.29, 1.82) is 0 Å². The Morgan fingerprint density at radius 2 is 2.15 bits per heavy atom. The molecule has 3 aromatic rings. The predicted molar refractivity (Wildman–Crippen MR) is 75.7 cm³/mol. The van der Waals surface area contributed by atoms with Gasteiger partial charge in [-0.05, 0) is 24.6 Å². The molecule has 0 bridgehead atoms. The number of aromatic amines is 1. The lowest BCUT2D eigenvalue weighted by Gasteiger charge is -2.12. The number of fused-ring (bicyclic) bond motifs is 1. The second-order valence-electron chi connectivity index (χ2n) is 4.51. The lowest BCUT2D eigenvalue weighted by molar-refractivity contribution is 0.555. The summed E-state index contributed by atoms with van der Waals surface area (Å²) in [7, 11) is 0. The van der Waals surface area contributed by atoms with Crippen LogP contribution in [-0.4, -0.2) is 4.98 Å². The van der Waals surface area contributed by atoms with Crippen molar-refractivity contribution in [3.8, 4) is 0 Å². The van der Waals surface area contributed by atoms with E-state index in [2.05, 4.69) is 10.3 Å². The monoisotopic (exact) mass is 273 g/mol. The molecule has 0 unspecified atom stereocenters. The molecule has 0 saturated heterocycles. The van der Waals surface area contributed by atoms with Crippen LogP contribution in [0.15, 0.2) is 39.5 Å². The van der Waals surface area contributed by atoms with Crippen molar-refractivity contribution in [2.45, 2.75) is 6.92 Å². The number of nitrogens with two attached hydrogens (primary N) is 1. The average molecular weight is 273 g/mol. The van der Waals surface area contributed by atoms with Crippen LogP contribution >= 0.6 is 0 Å². The second-order valence-corrected chi connectivity index (χ2v) is 4.51. The number of para-hydroxylation sites is 1. The maximum atomic E-state index is 13.8. The molecule has 0 aliphatic heterocycles. The lowest BCUT2D eigenvalue weighted by Crippen LogP contribution is -2.00. The van der Waals surface area contributed by atoms with Crippen molar-refractivity contribution >= 4 is 28.2 Å². The molecule has 0 amide bonds. The summed E-state index contributed by atoms with van der Waals surface area (Å²) in [5, 5.41) is 2.95. The van der Waals surface area contributed by atoms with Gasteiger partial charge in [0.15, 0.2) is 5.58 Å². The Hall–Kier alpha value is -2.76. The largest absolute Gasteiger partial charge is 0.417 e. The van der Waals surface area contributed by atoms with Crippen molar-refractivity contribution in [3.05, 3.63) is 52.3 Å². The minimum Gasteiger partial charge on any atom is -0.408 e. The molecule has 1 heterocycles. The van der Waals surface area contributed by atoms with Crippen LogP contribution in [0, 0.1) is 12.7 Å². The van der Waals surface area contributed by atoms with Crippen LogP contribution in [0.3, 0.4) is 0 Å². The molecule has 0 atom stereocenters. The first-order valence-electron chi connectivity index (χ1n) is 5.99. The standard InChI is InChI=1S/C14H12FN3O2/c1-7-3-2-4-8(15)13(7)17-10-6-11-12(5-9(10)16)20-14(19)18-11/h2-6,17H,16H2,1H3,(H,18,19). The van der Waals surface area contributed by atoms with Gasteiger partial charge < -0.3 is 15.5 Å². The summed E-state index contributed by atoms with van der Waals surface area (Å²) in [5.41, 5.74) is 8.72. The molecule has 0 spiro atoms. The zero-order valence-electron chi connectivity index (χ0n) is 10.7. The number of oxazole rings is 1. The SMILES string of the molecule is Cc1cccc(F)c1Nc1cc2[nH]c(=O)oc2cc1N. The van der Waals surface area contributed by atoms with E-state index in [0.717, 1.165) is 5.56 Å². The molecule has 0 aliphatic rings. The highest BCUT2D eigenvalue weighted by Gasteiger charge is 2.10. The number of hydrogen-bond donors (Lipinski definition) is 3. The number of benzene rings is 2. The van der Waals surface area contributed by atoms with Gasteiger partial charge >= 0.3 is 5.76 Å². The van der Waals surface area contributed by atoms with Crippen LogP contribution in [0.1, 0.15) is 5.56 Å². The molecule has 5 nitrogen and oxygen atoms in total. The number of hydrogen-bond acceptors (Lipinski definition) is 4. The van der Waals surface area contributed by atoms with E-state index in [9.17, 15) is 9.18 Å². The third kappa shape index (κ3) is 2.01. The Morgan fingerprint density at radius 3 is 2.90 bits per heavy atom. The van der Waals surface area contributed by atoms with E-state index in [1.54, 1.807) is 25.1 Å². The van der Waals surface area contributed by atoms with Crippen molar-refractivity contribution < 1.29 is 8.81 Å². The van der Waals surface area contributed by atoms with E-state index in [1.807, 2.05) is 0 Å². The third-order valence-electron chi connectivity index (χ3n) is 3.07. The Balaban J connectivity index is 2.10. The molecule has 0 fully saturated rings. The number of rotatable bonds is 2. The van der Waals surface area contributed by atoms with Gasteiger partial charge in [-0.1, -0.05) is 12.1 Å². The van der Waals surface area contributed by atoms with E-state index in [1.165, 1.54) is 12.1 Å². The van der Waals surface area contributed by atoms with Gasteiger partial charge in [-0.3, -0.25) is 4.98 Å². The molecular weight excluding hydrogens is 261 g/mol. The van der Waals surface area contributed by atoms with Crippen LogP contribution in [0.2, 0.25) is 0 Å². The van der Waals surface area contributed by atoms with Gasteiger partial charge in [0, 0.05) is 6.07 Å². The zero-order chi connectivity index (χ0) is 14.3. The van der Waals surface area contributed by atoms with E-state index in [4.69, 9.17) is 10.2 Å². The van der Waals surface area contributed by atoms with Gasteiger partial charge in [0.05, 0.1) is 22.6 Å². The first kappa shape index (κ1) is 12.3. The first-order valence-corrected chi connectivity index (χ1v) is 5.99. The fourth-order valence-electron chi connectivity index (χ4n) is 2.05. The van der Waals surface area contributed by atoms with E-state index < -0.39 is 5.76 Å². The van der Waals surface area contributed by atoms with E-state index in [-0.39, 0.29) is 5.82 Å². The lowest BCUT2D eigenvalue weighted by atomic mass is 10.1. The summed E-state index contributed by atoms with van der Waals surface area (Å²) in [5.74, 6) is -0.927. The van der Waals surface area contributed by atoms with Crippen LogP contribution in [0.25, 0.3) is 11.1 Å². The summed E-state index contributed by atoms with van der Waals surface area (Å²) in [6, 6.07) is 7.92. The number of aryl methyl sites for hydroxylation is 1. The van der Waals surface area contributed by atoms with Gasteiger partial charge in [0.2, 0.25) is 0 Å². The molecule has 3 rings (SSSR count). The molecule has 20 heavy (non-hydrogen) atoms. The number of nitrogens with one attached hydrogen (secondary N) is 2. The highest BCUT2D eigenvalue weighted by molar-refractivity contribution is 5.87. The Bertz CT molecular complexity index is 831. The van der Waals surface area contributed by atoms with E-state index >= 15 is 0 Å². The number of H-pyrrole nitrogens is 1. The molecule has 2 aromatic carbocycles. The molecule has 4 N–H and O–H groups in total. The Morgan fingerprint density at radius 1 is 1.35 bits per heavy atom. The molecule has 0 aliphatic carbocycles. The Labute approximate surface area is 113 Å². The summed E-state index contributed by atoms with van der Waals surface area (Å²) in [4.78, 5) is 13.7. The number of halogens is 1. The summed E-state index contributed by atoms with van der Waals surface area (Å²) >= 11 is 0. The summed E-state index contributed by atoms with van der Waals surface area (Å²) in [6.45, 7) is 1.79. The van der Waals surface area contributed by atoms with Crippen LogP contribution in [0.4, 0.5) is 21.5 Å². The van der Waals surface area contributed by atoms with Crippen LogP contribution in [-0.2, 0) is 0 Å². The maximum Gasteiger partial charge on any atom is 0.417 e. The van der Waals surface area contributed by atoms with Crippen molar-refractivity contribution in [3.63, 3.8) is 0 Å².